The number of pyridine rings is 1. The van der Waals surface area contributed by atoms with E-state index in [9.17, 15) is 14.0 Å². The highest BCUT2D eigenvalue weighted by atomic mass is 19.1. The summed E-state index contributed by atoms with van der Waals surface area (Å²) < 4.78 is 14.1. The number of aromatic amines is 1. The number of H-pyrrole nitrogens is 1. The minimum absolute atomic E-state index is 0.0121. The van der Waals surface area contributed by atoms with E-state index in [1.165, 1.54) is 19.1 Å². The number of Topliss-reactive ketones (excluding diaryl/α,β-unsaturated/α-hetero) is 1. The molecule has 5 rings (SSSR count). The summed E-state index contributed by atoms with van der Waals surface area (Å²) in [6.07, 6.45) is 3.34. The maximum atomic E-state index is 14.1. The number of halogens is 1. The number of ketones is 1. The molecule has 0 bridgehead atoms. The fourth-order valence-electron chi connectivity index (χ4n) is 4.96. The maximum absolute atomic E-state index is 14.1. The highest BCUT2D eigenvalue weighted by Crippen LogP contribution is 2.46. The number of carbonyl (C=O) groups excluding carboxylic acids is 2. The number of anilines is 1. The zero-order valence-electron chi connectivity index (χ0n) is 17.2. The first kappa shape index (κ1) is 19.5. The van der Waals surface area contributed by atoms with Crippen LogP contribution in [0.4, 0.5) is 10.2 Å². The third-order valence-corrected chi connectivity index (χ3v) is 6.42. The van der Waals surface area contributed by atoms with Crippen molar-refractivity contribution in [3.63, 3.8) is 0 Å². The predicted octanol–water partition coefficient (Wildman–Crippen LogP) is 3.70. The smallest absolute Gasteiger partial charge is 0.270 e. The monoisotopic (exact) mass is 418 g/mol. The van der Waals surface area contributed by atoms with Crippen molar-refractivity contribution in [1.82, 2.24) is 14.9 Å². The number of amides is 1. The van der Waals surface area contributed by atoms with Crippen LogP contribution >= 0.6 is 0 Å². The topological polar surface area (TPSA) is 69.3 Å². The largest absolute Gasteiger partial charge is 0.357 e. The summed E-state index contributed by atoms with van der Waals surface area (Å²) in [4.78, 5) is 36.3. The van der Waals surface area contributed by atoms with Gasteiger partial charge in [-0.3, -0.25) is 9.59 Å². The molecule has 7 heteroatoms. The van der Waals surface area contributed by atoms with Gasteiger partial charge in [0.2, 0.25) is 0 Å². The molecule has 0 saturated carbocycles. The van der Waals surface area contributed by atoms with Gasteiger partial charge in [0.1, 0.15) is 17.3 Å². The Balaban J connectivity index is 1.44. The molecule has 0 radical (unpaired) electrons. The van der Waals surface area contributed by atoms with Crippen LogP contribution in [-0.2, 0) is 0 Å². The fourth-order valence-corrected chi connectivity index (χ4v) is 4.96. The summed E-state index contributed by atoms with van der Waals surface area (Å²) in [5, 5.41) is 0. The molecule has 0 unspecified atom stereocenters. The molecular weight excluding hydrogens is 395 g/mol. The zero-order chi connectivity index (χ0) is 21.5. The van der Waals surface area contributed by atoms with Crippen molar-refractivity contribution in [1.29, 1.82) is 0 Å². The van der Waals surface area contributed by atoms with Crippen LogP contribution in [0.25, 0.3) is 0 Å². The Kier molecular flexibility index (Phi) is 4.81. The fraction of sp³-hybridized carbons (Fsp3) is 0.292. The second-order valence-corrected chi connectivity index (χ2v) is 8.33. The van der Waals surface area contributed by atoms with Crippen LogP contribution in [0.2, 0.25) is 0 Å². The van der Waals surface area contributed by atoms with Gasteiger partial charge in [0.15, 0.2) is 5.78 Å². The number of hydrogen-bond donors (Lipinski definition) is 1. The third kappa shape index (κ3) is 3.50. The van der Waals surface area contributed by atoms with Gasteiger partial charge in [-0.15, -0.1) is 0 Å². The molecule has 3 aromatic rings. The zero-order valence-corrected chi connectivity index (χ0v) is 17.2. The molecule has 1 N–H and O–H groups in total. The Hall–Kier alpha value is -3.48. The van der Waals surface area contributed by atoms with E-state index in [1.54, 1.807) is 36.7 Å². The molecule has 0 spiro atoms. The van der Waals surface area contributed by atoms with Gasteiger partial charge in [-0.05, 0) is 48.9 Å². The highest BCUT2D eigenvalue weighted by molar-refractivity contribution is 5.94. The number of rotatable bonds is 4. The van der Waals surface area contributed by atoms with Crippen molar-refractivity contribution in [2.24, 2.45) is 11.8 Å². The molecule has 2 aromatic heterocycles. The number of likely N-dealkylation sites (tertiary alicyclic amines) is 1. The number of benzene rings is 1. The molecular formula is C24H23FN4O2. The quantitative estimate of drug-likeness (QED) is 0.656. The van der Waals surface area contributed by atoms with Crippen LogP contribution in [-0.4, -0.2) is 46.2 Å². The first-order chi connectivity index (χ1) is 15.0. The van der Waals surface area contributed by atoms with Crippen LogP contribution in [0.1, 0.15) is 39.4 Å². The van der Waals surface area contributed by atoms with Crippen molar-refractivity contribution in [3.8, 4) is 0 Å². The van der Waals surface area contributed by atoms with Gasteiger partial charge in [0, 0.05) is 49.4 Å². The average molecular weight is 418 g/mol. The lowest BCUT2D eigenvalue weighted by molar-refractivity contribution is 0.0710. The van der Waals surface area contributed by atoms with E-state index in [-0.39, 0.29) is 35.4 Å². The Labute approximate surface area is 179 Å². The number of hydrogen-bond acceptors (Lipinski definition) is 4. The van der Waals surface area contributed by atoms with Crippen LogP contribution in [0, 0.1) is 17.7 Å². The lowest BCUT2D eigenvalue weighted by Gasteiger charge is -2.30. The van der Waals surface area contributed by atoms with E-state index in [4.69, 9.17) is 0 Å². The number of carbonyl (C=O) groups is 2. The molecule has 158 valence electrons. The number of fused-ring (bicyclic) bond motifs is 1. The Morgan fingerprint density at radius 3 is 2.65 bits per heavy atom. The molecule has 2 saturated heterocycles. The minimum atomic E-state index is -0.301. The maximum Gasteiger partial charge on any atom is 0.270 e. The van der Waals surface area contributed by atoms with E-state index in [0.717, 1.165) is 17.9 Å². The average Bonchev–Trinajstić information content (AvgIpc) is 3.49. The van der Waals surface area contributed by atoms with E-state index >= 15 is 0 Å². The Bertz CT molecular complexity index is 1110. The summed E-state index contributed by atoms with van der Waals surface area (Å²) in [6, 6.07) is 13.6. The minimum Gasteiger partial charge on any atom is -0.357 e. The molecule has 2 aliphatic heterocycles. The molecule has 31 heavy (non-hydrogen) atoms. The van der Waals surface area contributed by atoms with Crippen molar-refractivity contribution in [2.45, 2.75) is 13.0 Å². The van der Waals surface area contributed by atoms with Crippen molar-refractivity contribution < 1.29 is 14.0 Å². The van der Waals surface area contributed by atoms with Crippen molar-refractivity contribution in [2.75, 3.05) is 24.5 Å². The third-order valence-electron chi connectivity index (χ3n) is 6.42. The van der Waals surface area contributed by atoms with Crippen LogP contribution in [0.15, 0.2) is 60.9 Å². The number of nitrogens with zero attached hydrogens (tertiary/aromatic N) is 3. The van der Waals surface area contributed by atoms with Crippen molar-refractivity contribution >= 4 is 17.5 Å². The molecule has 3 atom stereocenters. The molecule has 2 aliphatic rings. The molecule has 0 aliphatic carbocycles. The SMILES string of the molecule is CC(=O)c1ccc(N2C[C@H]3CN(C(=O)c4ccc[nH]4)[C@H](c4cccc(F)c4)[C@H]3C2)nc1. The summed E-state index contributed by atoms with van der Waals surface area (Å²) in [6.45, 7) is 3.60. The van der Waals surface area contributed by atoms with Gasteiger partial charge in [-0.1, -0.05) is 12.1 Å². The van der Waals surface area contributed by atoms with Gasteiger partial charge in [0.05, 0.1) is 6.04 Å². The molecule has 2 fully saturated rings. The summed E-state index contributed by atoms with van der Waals surface area (Å²) in [5.41, 5.74) is 1.94. The second-order valence-electron chi connectivity index (χ2n) is 8.33. The van der Waals surface area contributed by atoms with Crippen molar-refractivity contribution in [3.05, 3.63) is 83.6 Å². The highest BCUT2D eigenvalue weighted by Gasteiger charge is 2.49. The lowest BCUT2D eigenvalue weighted by Crippen LogP contribution is -2.36. The van der Waals surface area contributed by atoms with Gasteiger partial charge < -0.3 is 14.8 Å². The summed E-state index contributed by atoms with van der Waals surface area (Å²) in [5.74, 6) is 0.854. The second kappa shape index (κ2) is 7.65. The predicted molar refractivity (Wildman–Crippen MR) is 114 cm³/mol. The number of nitrogens with one attached hydrogen (secondary N) is 1. The van der Waals surface area contributed by atoms with Gasteiger partial charge in [-0.25, -0.2) is 9.37 Å². The molecule has 6 nitrogen and oxygen atoms in total. The van der Waals surface area contributed by atoms with Crippen LogP contribution in [0.5, 0.6) is 0 Å². The Morgan fingerprint density at radius 2 is 1.97 bits per heavy atom. The normalized spacial score (nSPS) is 22.6. The van der Waals surface area contributed by atoms with Gasteiger partial charge >= 0.3 is 0 Å². The van der Waals surface area contributed by atoms with Gasteiger partial charge in [0.25, 0.3) is 5.91 Å². The van der Waals surface area contributed by atoms with E-state index < -0.39 is 0 Å². The van der Waals surface area contributed by atoms with E-state index in [2.05, 4.69) is 14.9 Å². The van der Waals surface area contributed by atoms with E-state index in [1.807, 2.05) is 17.0 Å². The summed E-state index contributed by atoms with van der Waals surface area (Å²) >= 11 is 0. The summed E-state index contributed by atoms with van der Waals surface area (Å²) in [7, 11) is 0. The van der Waals surface area contributed by atoms with Crippen LogP contribution in [0.3, 0.4) is 0 Å². The first-order valence-corrected chi connectivity index (χ1v) is 10.4. The van der Waals surface area contributed by atoms with Gasteiger partial charge in [-0.2, -0.15) is 0 Å². The van der Waals surface area contributed by atoms with Crippen LogP contribution < -0.4 is 4.90 Å². The lowest BCUT2D eigenvalue weighted by atomic mass is 9.89. The first-order valence-electron chi connectivity index (χ1n) is 10.4. The standard InChI is InChI=1S/C24H23FN4O2/c1-15(30)17-7-8-22(27-11-17)28-12-18-13-29(24(31)21-6-3-9-26-21)23(20(18)14-28)16-4-2-5-19(25)10-16/h2-11,18,20,23,26H,12-14H2,1H3/t18-,20-,23+/m0/s1. The molecule has 1 amide bonds. The molecule has 4 heterocycles. The number of aromatic nitrogens is 2. The van der Waals surface area contributed by atoms with E-state index in [0.29, 0.717) is 24.3 Å². The Morgan fingerprint density at radius 1 is 1.10 bits per heavy atom. The molecule has 1 aromatic carbocycles.